The van der Waals surface area contributed by atoms with Crippen molar-refractivity contribution in [2.24, 2.45) is 11.7 Å². The predicted molar refractivity (Wildman–Crippen MR) is 67.0 cm³/mol. The Morgan fingerprint density at radius 1 is 1.42 bits per heavy atom. The number of hydrogen-bond acceptors (Lipinski definition) is 3. The molecule has 0 spiro atoms. The van der Waals surface area contributed by atoms with Gasteiger partial charge in [0.05, 0.1) is 5.54 Å². The van der Waals surface area contributed by atoms with E-state index in [4.69, 9.17) is 10.5 Å². The third kappa shape index (κ3) is 2.55. The first-order chi connectivity index (χ1) is 8.55. The Morgan fingerprint density at radius 3 is 2.58 bits per heavy atom. The summed E-state index contributed by atoms with van der Waals surface area (Å²) in [6.07, 6.45) is 0.796. The third-order valence-electron chi connectivity index (χ3n) is 3.92. The lowest BCUT2D eigenvalue weighted by molar-refractivity contribution is -0.180. The molecule has 4 nitrogen and oxygen atoms in total. The fourth-order valence-electron chi connectivity index (χ4n) is 2.95. The van der Waals surface area contributed by atoms with E-state index in [0.29, 0.717) is 12.8 Å². The Bertz CT molecular complexity index is 381. The second-order valence-corrected chi connectivity index (χ2v) is 6.73. The molecule has 2 bridgehead atoms. The molecular formula is C13H22F2N2O2. The number of piperidine rings is 1. The number of carbonyl (C=O) groups is 1. The van der Waals surface area contributed by atoms with Crippen LogP contribution in [-0.4, -0.2) is 41.1 Å². The molecule has 2 aliphatic rings. The highest BCUT2D eigenvalue weighted by Crippen LogP contribution is 2.48. The number of nitrogens with zero attached hydrogens (tertiary/aromatic N) is 1. The molecule has 110 valence electrons. The van der Waals surface area contributed by atoms with Crippen molar-refractivity contribution in [1.82, 2.24) is 4.90 Å². The van der Waals surface area contributed by atoms with Crippen LogP contribution in [0.1, 0.15) is 40.0 Å². The third-order valence-corrected chi connectivity index (χ3v) is 3.92. The molecule has 1 aliphatic heterocycles. The lowest BCUT2D eigenvalue weighted by Crippen LogP contribution is -2.72. The summed E-state index contributed by atoms with van der Waals surface area (Å²) in [6, 6.07) is 0. The SMILES string of the molecule is CC(C)(C)OC(=O)N1CC2CCCC(N)(C1)C2(F)F. The van der Waals surface area contributed by atoms with Crippen LogP contribution in [0.3, 0.4) is 0 Å². The quantitative estimate of drug-likeness (QED) is 0.739. The number of halogens is 2. The van der Waals surface area contributed by atoms with Crippen LogP contribution in [0.2, 0.25) is 0 Å². The van der Waals surface area contributed by atoms with E-state index in [1.54, 1.807) is 20.8 Å². The predicted octanol–water partition coefficient (Wildman–Crippen LogP) is 2.37. The molecule has 1 heterocycles. The van der Waals surface area contributed by atoms with Crippen molar-refractivity contribution < 1.29 is 18.3 Å². The fraction of sp³-hybridized carbons (Fsp3) is 0.923. The molecule has 0 radical (unpaired) electrons. The van der Waals surface area contributed by atoms with Crippen LogP contribution in [0.4, 0.5) is 13.6 Å². The van der Waals surface area contributed by atoms with Crippen LogP contribution in [0.5, 0.6) is 0 Å². The number of likely N-dealkylation sites (tertiary alicyclic amines) is 1. The number of alkyl halides is 2. The van der Waals surface area contributed by atoms with Gasteiger partial charge >= 0.3 is 6.09 Å². The average molecular weight is 276 g/mol. The highest BCUT2D eigenvalue weighted by atomic mass is 19.3. The van der Waals surface area contributed by atoms with E-state index in [2.05, 4.69) is 0 Å². The monoisotopic (exact) mass is 276 g/mol. The van der Waals surface area contributed by atoms with Crippen molar-refractivity contribution in [2.45, 2.75) is 57.1 Å². The Kier molecular flexibility index (Phi) is 3.28. The maximum absolute atomic E-state index is 14.2. The normalized spacial score (nSPS) is 34.0. The van der Waals surface area contributed by atoms with E-state index in [1.807, 2.05) is 0 Å². The second-order valence-electron chi connectivity index (χ2n) is 6.73. The summed E-state index contributed by atoms with van der Waals surface area (Å²) < 4.78 is 33.6. The van der Waals surface area contributed by atoms with Crippen LogP contribution >= 0.6 is 0 Å². The zero-order valence-electron chi connectivity index (χ0n) is 11.7. The lowest BCUT2D eigenvalue weighted by Gasteiger charge is -2.52. The topological polar surface area (TPSA) is 55.6 Å². The molecule has 0 aromatic carbocycles. The standard InChI is InChI=1S/C13H22F2N2O2/c1-11(2,3)19-10(18)17-7-9-5-4-6-12(16,8-17)13(9,14)15/h9H,4-8,16H2,1-3H3. The number of nitrogens with two attached hydrogens (primary N) is 1. The summed E-state index contributed by atoms with van der Waals surface area (Å²) in [5.74, 6) is -3.75. The number of ether oxygens (including phenoxy) is 1. The summed E-state index contributed by atoms with van der Waals surface area (Å²) in [6.45, 7) is 5.15. The zero-order valence-corrected chi connectivity index (χ0v) is 11.7. The van der Waals surface area contributed by atoms with Crippen LogP contribution in [-0.2, 0) is 4.74 Å². The minimum Gasteiger partial charge on any atom is -0.444 e. The fourth-order valence-corrected chi connectivity index (χ4v) is 2.95. The van der Waals surface area contributed by atoms with Gasteiger partial charge in [-0.05, 0) is 33.6 Å². The van der Waals surface area contributed by atoms with Crippen molar-refractivity contribution in [2.75, 3.05) is 13.1 Å². The number of amides is 1. The van der Waals surface area contributed by atoms with Gasteiger partial charge in [-0.25, -0.2) is 13.6 Å². The first kappa shape index (κ1) is 14.5. The Morgan fingerprint density at radius 2 is 2.05 bits per heavy atom. The van der Waals surface area contributed by atoms with Crippen LogP contribution in [0, 0.1) is 5.92 Å². The highest BCUT2D eigenvalue weighted by Gasteiger charge is 2.62. The zero-order chi connectivity index (χ0) is 14.5. The van der Waals surface area contributed by atoms with Gasteiger partial charge in [0.25, 0.3) is 5.92 Å². The summed E-state index contributed by atoms with van der Waals surface area (Å²) >= 11 is 0. The van der Waals surface area contributed by atoms with Gasteiger partial charge < -0.3 is 15.4 Å². The first-order valence-corrected chi connectivity index (χ1v) is 6.70. The van der Waals surface area contributed by atoms with Crippen molar-refractivity contribution in [1.29, 1.82) is 0 Å². The number of rotatable bonds is 0. The molecule has 1 amide bonds. The second kappa shape index (κ2) is 4.30. The van der Waals surface area contributed by atoms with E-state index in [9.17, 15) is 13.6 Å². The average Bonchev–Trinajstić information content (AvgIpc) is 2.17. The maximum Gasteiger partial charge on any atom is 0.410 e. The summed E-state index contributed by atoms with van der Waals surface area (Å²) in [4.78, 5) is 13.3. The molecular weight excluding hydrogens is 254 g/mol. The Balaban J connectivity index is 2.14. The number of carbonyl (C=O) groups excluding carboxylic acids is 1. The summed E-state index contributed by atoms with van der Waals surface area (Å²) in [5.41, 5.74) is 3.63. The smallest absolute Gasteiger partial charge is 0.410 e. The maximum atomic E-state index is 14.2. The van der Waals surface area contributed by atoms with Crippen molar-refractivity contribution in [3.8, 4) is 0 Å². The molecule has 0 aromatic heterocycles. The van der Waals surface area contributed by atoms with Crippen molar-refractivity contribution >= 4 is 6.09 Å². The molecule has 2 unspecified atom stereocenters. The number of fused-ring (bicyclic) bond motifs is 2. The lowest BCUT2D eigenvalue weighted by atomic mass is 9.69. The summed E-state index contributed by atoms with van der Waals surface area (Å²) in [5, 5.41) is 0. The van der Waals surface area contributed by atoms with E-state index in [-0.39, 0.29) is 19.5 Å². The van der Waals surface area contributed by atoms with Gasteiger partial charge in [0, 0.05) is 19.0 Å². The van der Waals surface area contributed by atoms with Crippen LogP contribution in [0.25, 0.3) is 0 Å². The molecule has 2 N–H and O–H groups in total. The van der Waals surface area contributed by atoms with Gasteiger partial charge in [0.15, 0.2) is 0 Å². The Hall–Kier alpha value is -0.910. The molecule has 2 rings (SSSR count). The molecule has 1 saturated carbocycles. The molecule has 19 heavy (non-hydrogen) atoms. The first-order valence-electron chi connectivity index (χ1n) is 6.70. The minimum atomic E-state index is -2.90. The van der Waals surface area contributed by atoms with E-state index < -0.39 is 29.1 Å². The molecule has 1 saturated heterocycles. The van der Waals surface area contributed by atoms with E-state index >= 15 is 0 Å². The van der Waals surface area contributed by atoms with Crippen molar-refractivity contribution in [3.05, 3.63) is 0 Å². The molecule has 2 atom stereocenters. The van der Waals surface area contributed by atoms with Gasteiger partial charge in [0.2, 0.25) is 0 Å². The van der Waals surface area contributed by atoms with Gasteiger partial charge in [-0.15, -0.1) is 0 Å². The van der Waals surface area contributed by atoms with E-state index in [0.717, 1.165) is 0 Å². The molecule has 6 heteroatoms. The van der Waals surface area contributed by atoms with Gasteiger partial charge in [-0.1, -0.05) is 6.42 Å². The highest BCUT2D eigenvalue weighted by molar-refractivity contribution is 5.68. The van der Waals surface area contributed by atoms with Gasteiger partial charge in [0.1, 0.15) is 5.60 Å². The van der Waals surface area contributed by atoms with Crippen LogP contribution < -0.4 is 5.73 Å². The van der Waals surface area contributed by atoms with E-state index in [1.165, 1.54) is 4.90 Å². The molecule has 2 fully saturated rings. The van der Waals surface area contributed by atoms with Gasteiger partial charge in [-0.2, -0.15) is 0 Å². The Labute approximate surface area is 112 Å². The minimum absolute atomic E-state index is 0.0286. The number of hydrogen-bond donors (Lipinski definition) is 1. The molecule has 0 aromatic rings. The van der Waals surface area contributed by atoms with Crippen molar-refractivity contribution in [3.63, 3.8) is 0 Å². The molecule has 1 aliphatic carbocycles. The largest absolute Gasteiger partial charge is 0.444 e. The summed E-state index contributed by atoms with van der Waals surface area (Å²) in [7, 11) is 0. The van der Waals surface area contributed by atoms with Gasteiger partial charge in [-0.3, -0.25) is 0 Å². The van der Waals surface area contributed by atoms with Crippen LogP contribution in [0.15, 0.2) is 0 Å².